The van der Waals surface area contributed by atoms with Crippen LogP contribution in [0.15, 0.2) is 36.5 Å². The zero-order valence-electron chi connectivity index (χ0n) is 18.2. The van der Waals surface area contributed by atoms with Gasteiger partial charge in [-0.3, -0.25) is 4.90 Å². The molecule has 0 aliphatic carbocycles. The van der Waals surface area contributed by atoms with Crippen molar-refractivity contribution in [2.24, 2.45) is 11.7 Å². The summed E-state index contributed by atoms with van der Waals surface area (Å²) >= 11 is 0. The first-order valence-corrected chi connectivity index (χ1v) is 10.9. The number of nitrogens with zero attached hydrogens (tertiary/aromatic N) is 6. The van der Waals surface area contributed by atoms with Crippen molar-refractivity contribution in [2.75, 3.05) is 25.0 Å². The van der Waals surface area contributed by atoms with Crippen LogP contribution in [0.5, 0.6) is 0 Å². The molecule has 3 heterocycles. The van der Waals surface area contributed by atoms with Crippen molar-refractivity contribution in [1.82, 2.24) is 30.4 Å². The number of H-pyrrole nitrogens is 1. The highest BCUT2D eigenvalue weighted by molar-refractivity contribution is 5.63. The van der Waals surface area contributed by atoms with E-state index in [-0.39, 0.29) is 24.2 Å². The van der Waals surface area contributed by atoms with Gasteiger partial charge in [0.25, 0.3) is 0 Å². The van der Waals surface area contributed by atoms with Gasteiger partial charge in [0.2, 0.25) is 0 Å². The Kier molecular flexibility index (Phi) is 6.48. The van der Waals surface area contributed by atoms with E-state index in [1.165, 1.54) is 0 Å². The van der Waals surface area contributed by atoms with Crippen LogP contribution in [0.25, 0.3) is 11.4 Å². The monoisotopic (exact) mass is 435 g/mol. The minimum atomic E-state index is -0.334. The van der Waals surface area contributed by atoms with Crippen LogP contribution >= 0.6 is 0 Å². The van der Waals surface area contributed by atoms with Gasteiger partial charge in [-0.15, -0.1) is 5.10 Å². The summed E-state index contributed by atoms with van der Waals surface area (Å²) in [6.45, 7) is 8.33. The highest BCUT2D eigenvalue weighted by atomic mass is 16.1. The predicted octanol–water partition coefficient (Wildman–Crippen LogP) is 0.995. The van der Waals surface area contributed by atoms with Gasteiger partial charge >= 0.3 is 0 Å². The lowest BCUT2D eigenvalue weighted by Gasteiger charge is -2.31. The minimum absolute atomic E-state index is 0.104. The maximum atomic E-state index is 11.8. The molecule has 0 amide bonds. The molecular formula is C22H29N9O. The number of aromatic nitrogens is 4. The van der Waals surface area contributed by atoms with Gasteiger partial charge in [0.05, 0.1) is 18.2 Å². The quantitative estimate of drug-likeness (QED) is 0.518. The number of aldehydes is 1. The van der Waals surface area contributed by atoms with Gasteiger partial charge in [-0.1, -0.05) is 25.6 Å². The zero-order valence-corrected chi connectivity index (χ0v) is 18.2. The summed E-state index contributed by atoms with van der Waals surface area (Å²) in [7, 11) is 0. The lowest BCUT2D eigenvalue weighted by atomic mass is 10.1. The number of nitrogens with one attached hydrogen (secondary N) is 2. The van der Waals surface area contributed by atoms with Crippen molar-refractivity contribution in [3.05, 3.63) is 36.5 Å². The molecule has 10 heteroatoms. The summed E-state index contributed by atoms with van der Waals surface area (Å²) in [4.78, 5) is 15.9. The molecule has 0 spiro atoms. The van der Waals surface area contributed by atoms with Gasteiger partial charge in [-0.2, -0.15) is 5.26 Å². The summed E-state index contributed by atoms with van der Waals surface area (Å²) in [6, 6.07) is 9.57. The van der Waals surface area contributed by atoms with E-state index in [0.29, 0.717) is 31.3 Å². The predicted molar refractivity (Wildman–Crippen MR) is 120 cm³/mol. The fourth-order valence-corrected chi connectivity index (χ4v) is 4.72. The summed E-state index contributed by atoms with van der Waals surface area (Å²) in [5.74, 6) is 1.04. The van der Waals surface area contributed by atoms with Gasteiger partial charge in [0.1, 0.15) is 12.3 Å². The molecule has 2 aliphatic rings. The number of rotatable bonds is 8. The molecule has 0 bridgehead atoms. The van der Waals surface area contributed by atoms with E-state index in [9.17, 15) is 10.1 Å². The highest BCUT2D eigenvalue weighted by Gasteiger charge is 2.36. The van der Waals surface area contributed by atoms with Crippen molar-refractivity contribution in [3.63, 3.8) is 0 Å². The summed E-state index contributed by atoms with van der Waals surface area (Å²) in [5, 5.41) is 26.9. The van der Waals surface area contributed by atoms with Crippen LogP contribution in [0.4, 0.5) is 5.69 Å². The van der Waals surface area contributed by atoms with E-state index in [1.54, 1.807) is 0 Å². The van der Waals surface area contributed by atoms with Crippen LogP contribution in [0.1, 0.15) is 19.8 Å². The average Bonchev–Trinajstić information content (AvgIpc) is 3.53. The van der Waals surface area contributed by atoms with Gasteiger partial charge < -0.3 is 20.7 Å². The number of carbonyl (C=O) groups excluding carboxylic acids is 1. The average molecular weight is 436 g/mol. The Bertz CT molecular complexity index is 986. The number of anilines is 1. The molecule has 1 aromatic heterocycles. The SMILES string of the molecule is C=C(C(N)CN1C[C@@H](Nc2cccc(-c3nnn[nH]3)c2)CC1C=O)N1CC(C)CC1C#N. The number of nitriles is 1. The third kappa shape index (κ3) is 4.64. The standard InChI is InChI=1S/C22H29N9O/c1-14-6-19(9-23)31(10-14)15(2)21(24)12-30-11-18(8-20(30)13-32)25-17-5-3-4-16(7-17)22-26-28-29-27-22/h3-5,7,13-14,18-21,25H,2,6,8,10-12,24H2,1H3,(H,26,27,28,29)/t14?,18-,19?,20?,21?/m0/s1. The molecule has 1 aromatic carbocycles. The Morgan fingerprint density at radius 2 is 2.31 bits per heavy atom. The van der Waals surface area contributed by atoms with Crippen molar-refractivity contribution < 1.29 is 4.79 Å². The summed E-state index contributed by atoms with van der Waals surface area (Å²) in [6.07, 6.45) is 2.51. The number of hydrogen-bond donors (Lipinski definition) is 3. The van der Waals surface area contributed by atoms with E-state index >= 15 is 0 Å². The number of benzene rings is 1. The van der Waals surface area contributed by atoms with E-state index in [2.05, 4.69) is 50.4 Å². The third-order valence-electron chi connectivity index (χ3n) is 6.35. The van der Waals surface area contributed by atoms with Crippen molar-refractivity contribution in [3.8, 4) is 17.5 Å². The fourth-order valence-electron chi connectivity index (χ4n) is 4.72. The molecular weight excluding hydrogens is 406 g/mol. The van der Waals surface area contributed by atoms with Crippen LogP contribution in [0.2, 0.25) is 0 Å². The Balaban J connectivity index is 1.38. The van der Waals surface area contributed by atoms with E-state index in [4.69, 9.17) is 5.73 Å². The van der Waals surface area contributed by atoms with Crippen LogP contribution in [0, 0.1) is 17.2 Å². The largest absolute Gasteiger partial charge is 0.381 e. The summed E-state index contributed by atoms with van der Waals surface area (Å²) < 4.78 is 0. The number of likely N-dealkylation sites (tertiary alicyclic amines) is 2. The van der Waals surface area contributed by atoms with Gasteiger partial charge in [0.15, 0.2) is 5.82 Å². The van der Waals surface area contributed by atoms with Crippen molar-refractivity contribution >= 4 is 12.0 Å². The minimum Gasteiger partial charge on any atom is -0.381 e. The molecule has 32 heavy (non-hydrogen) atoms. The maximum Gasteiger partial charge on any atom is 0.179 e. The van der Waals surface area contributed by atoms with Gasteiger partial charge in [-0.05, 0) is 41.3 Å². The molecule has 2 aromatic rings. The van der Waals surface area contributed by atoms with Crippen LogP contribution < -0.4 is 11.1 Å². The first-order chi connectivity index (χ1) is 15.5. The molecule has 4 N–H and O–H groups in total. The molecule has 0 radical (unpaired) electrons. The normalized spacial score (nSPS) is 26.6. The number of tetrazole rings is 1. The second kappa shape index (κ2) is 9.46. The molecule has 5 atom stereocenters. The highest BCUT2D eigenvalue weighted by Crippen LogP contribution is 2.28. The summed E-state index contributed by atoms with van der Waals surface area (Å²) in [5.41, 5.74) is 9.07. The van der Waals surface area contributed by atoms with Crippen LogP contribution in [-0.2, 0) is 4.79 Å². The molecule has 168 valence electrons. The molecule has 2 fully saturated rings. The molecule has 2 saturated heterocycles. The van der Waals surface area contributed by atoms with Crippen molar-refractivity contribution in [2.45, 2.75) is 43.9 Å². The van der Waals surface area contributed by atoms with Gasteiger partial charge in [0, 0.05) is 42.6 Å². The first-order valence-electron chi connectivity index (χ1n) is 10.9. The van der Waals surface area contributed by atoms with E-state index in [1.807, 2.05) is 29.2 Å². The molecule has 4 rings (SSSR count). The second-order valence-corrected chi connectivity index (χ2v) is 8.80. The molecule has 10 nitrogen and oxygen atoms in total. The number of carbonyl (C=O) groups is 1. The first kappa shape index (κ1) is 21.9. The fraction of sp³-hybridized carbons (Fsp3) is 0.500. The Morgan fingerprint density at radius 1 is 1.47 bits per heavy atom. The topological polar surface area (TPSA) is 140 Å². The smallest absolute Gasteiger partial charge is 0.179 e. The Hall–Kier alpha value is -3.29. The lowest BCUT2D eigenvalue weighted by molar-refractivity contribution is -0.111. The number of nitrogens with two attached hydrogens (primary N) is 1. The van der Waals surface area contributed by atoms with Crippen molar-refractivity contribution in [1.29, 1.82) is 5.26 Å². The Labute approximate surface area is 187 Å². The number of aromatic amines is 1. The van der Waals surface area contributed by atoms with E-state index in [0.717, 1.165) is 36.2 Å². The lowest BCUT2D eigenvalue weighted by Crippen LogP contribution is -2.46. The van der Waals surface area contributed by atoms with E-state index < -0.39 is 0 Å². The second-order valence-electron chi connectivity index (χ2n) is 8.80. The number of hydrogen-bond acceptors (Lipinski definition) is 9. The third-order valence-corrected chi connectivity index (χ3v) is 6.35. The van der Waals surface area contributed by atoms with Crippen LogP contribution in [-0.4, -0.2) is 80.5 Å². The van der Waals surface area contributed by atoms with Gasteiger partial charge in [-0.25, -0.2) is 5.10 Å². The Morgan fingerprint density at radius 3 is 3.03 bits per heavy atom. The molecule has 2 aliphatic heterocycles. The van der Waals surface area contributed by atoms with Crippen LogP contribution in [0.3, 0.4) is 0 Å². The zero-order chi connectivity index (χ0) is 22.7. The molecule has 0 saturated carbocycles. The molecule has 4 unspecified atom stereocenters. The maximum absolute atomic E-state index is 11.8.